The summed E-state index contributed by atoms with van der Waals surface area (Å²) in [5, 5.41) is 0. The number of hydrogen-bond donors (Lipinski definition) is 0. The number of esters is 1. The summed E-state index contributed by atoms with van der Waals surface area (Å²) in [4.78, 5) is 14.1. The van der Waals surface area contributed by atoms with Crippen LogP contribution in [0, 0.1) is 12.8 Å². The first-order chi connectivity index (χ1) is 9.65. The summed E-state index contributed by atoms with van der Waals surface area (Å²) in [6, 6.07) is 6.13. The summed E-state index contributed by atoms with van der Waals surface area (Å²) >= 11 is 0. The van der Waals surface area contributed by atoms with Crippen LogP contribution in [0.2, 0.25) is 0 Å². The zero-order valence-corrected chi connectivity index (χ0v) is 12.5. The summed E-state index contributed by atoms with van der Waals surface area (Å²) in [6.45, 7) is 6.22. The monoisotopic (exact) mass is 277 g/mol. The van der Waals surface area contributed by atoms with Crippen LogP contribution < -0.4 is 9.64 Å². The Kier molecular flexibility index (Phi) is 4.88. The van der Waals surface area contributed by atoms with Gasteiger partial charge in [-0.15, -0.1) is 0 Å². The van der Waals surface area contributed by atoms with Crippen molar-refractivity contribution in [1.82, 2.24) is 0 Å². The van der Waals surface area contributed by atoms with Crippen LogP contribution in [0.5, 0.6) is 5.75 Å². The maximum atomic E-state index is 11.7. The lowest BCUT2D eigenvalue weighted by atomic mass is 9.96. The SMILES string of the molecule is CCOC(=O)C1CCN(c2ccc(OC)cc2C)CC1. The molecule has 0 radical (unpaired) electrons. The van der Waals surface area contributed by atoms with Crippen LogP contribution in [0.4, 0.5) is 5.69 Å². The number of hydrogen-bond acceptors (Lipinski definition) is 4. The molecule has 0 aliphatic carbocycles. The zero-order chi connectivity index (χ0) is 14.5. The summed E-state index contributed by atoms with van der Waals surface area (Å²) < 4.78 is 10.3. The lowest BCUT2D eigenvalue weighted by molar-refractivity contribution is -0.148. The van der Waals surface area contributed by atoms with Crippen LogP contribution in [0.15, 0.2) is 18.2 Å². The smallest absolute Gasteiger partial charge is 0.309 e. The number of carbonyl (C=O) groups excluding carboxylic acids is 1. The molecule has 4 heteroatoms. The molecule has 110 valence electrons. The van der Waals surface area contributed by atoms with Crippen LogP contribution in [0.3, 0.4) is 0 Å². The number of piperidine rings is 1. The van der Waals surface area contributed by atoms with Gasteiger partial charge in [-0.2, -0.15) is 0 Å². The topological polar surface area (TPSA) is 38.8 Å². The Labute approximate surface area is 120 Å². The molecule has 1 fully saturated rings. The number of carbonyl (C=O) groups is 1. The summed E-state index contributed by atoms with van der Waals surface area (Å²) in [5.74, 6) is 0.899. The largest absolute Gasteiger partial charge is 0.497 e. The second-order valence-corrected chi connectivity index (χ2v) is 5.17. The fraction of sp³-hybridized carbons (Fsp3) is 0.562. The van der Waals surface area contributed by atoms with Crippen molar-refractivity contribution < 1.29 is 14.3 Å². The molecule has 0 amide bonds. The lowest BCUT2D eigenvalue weighted by Crippen LogP contribution is -2.37. The Morgan fingerprint density at radius 1 is 1.35 bits per heavy atom. The van der Waals surface area contributed by atoms with Gasteiger partial charge in [0.15, 0.2) is 0 Å². The summed E-state index contributed by atoms with van der Waals surface area (Å²) in [7, 11) is 1.68. The van der Waals surface area contributed by atoms with Gasteiger partial charge >= 0.3 is 5.97 Å². The summed E-state index contributed by atoms with van der Waals surface area (Å²) in [6.07, 6.45) is 1.73. The molecule has 0 aromatic heterocycles. The average molecular weight is 277 g/mol. The number of methoxy groups -OCH3 is 1. The second-order valence-electron chi connectivity index (χ2n) is 5.17. The van der Waals surface area contributed by atoms with E-state index in [9.17, 15) is 4.79 Å². The Hall–Kier alpha value is -1.71. The molecule has 0 saturated carbocycles. The van der Waals surface area contributed by atoms with E-state index in [1.165, 1.54) is 11.3 Å². The molecule has 0 N–H and O–H groups in total. The number of aryl methyl sites for hydroxylation is 1. The predicted molar refractivity (Wildman–Crippen MR) is 79.3 cm³/mol. The molecule has 1 aromatic rings. The molecule has 1 aliphatic rings. The lowest BCUT2D eigenvalue weighted by Gasteiger charge is -2.33. The van der Waals surface area contributed by atoms with Gasteiger partial charge < -0.3 is 14.4 Å². The number of nitrogens with zero attached hydrogens (tertiary/aromatic N) is 1. The molecular weight excluding hydrogens is 254 g/mol. The summed E-state index contributed by atoms with van der Waals surface area (Å²) in [5.41, 5.74) is 2.44. The quantitative estimate of drug-likeness (QED) is 0.793. The molecule has 0 unspecified atom stereocenters. The third-order valence-electron chi connectivity index (χ3n) is 3.86. The molecule has 0 bridgehead atoms. The average Bonchev–Trinajstić information content (AvgIpc) is 2.47. The maximum Gasteiger partial charge on any atom is 0.309 e. The highest BCUT2D eigenvalue weighted by Crippen LogP contribution is 2.29. The minimum Gasteiger partial charge on any atom is -0.497 e. The van der Waals surface area contributed by atoms with Gasteiger partial charge in [0.25, 0.3) is 0 Å². The fourth-order valence-corrected chi connectivity index (χ4v) is 2.73. The van der Waals surface area contributed by atoms with Crippen molar-refractivity contribution in [1.29, 1.82) is 0 Å². The van der Waals surface area contributed by atoms with E-state index in [1.807, 2.05) is 19.1 Å². The van der Waals surface area contributed by atoms with Gasteiger partial charge in [-0.05, 0) is 50.5 Å². The van der Waals surface area contributed by atoms with Gasteiger partial charge in [0, 0.05) is 18.8 Å². The van der Waals surface area contributed by atoms with Crippen molar-refractivity contribution in [2.24, 2.45) is 5.92 Å². The van der Waals surface area contributed by atoms with Crippen molar-refractivity contribution >= 4 is 11.7 Å². The highest BCUT2D eigenvalue weighted by Gasteiger charge is 2.26. The van der Waals surface area contributed by atoms with E-state index in [2.05, 4.69) is 17.9 Å². The standard InChI is InChI=1S/C16H23NO3/c1-4-20-16(18)13-7-9-17(10-8-13)15-6-5-14(19-3)11-12(15)2/h5-6,11,13H,4,7-10H2,1-3H3. The molecule has 0 spiro atoms. The molecular formula is C16H23NO3. The van der Waals surface area contributed by atoms with Gasteiger partial charge in [0.1, 0.15) is 5.75 Å². The third-order valence-corrected chi connectivity index (χ3v) is 3.86. The van der Waals surface area contributed by atoms with Crippen molar-refractivity contribution in [3.63, 3.8) is 0 Å². The van der Waals surface area contributed by atoms with Crippen molar-refractivity contribution in [2.45, 2.75) is 26.7 Å². The van der Waals surface area contributed by atoms with Gasteiger partial charge in [-0.25, -0.2) is 0 Å². The maximum absolute atomic E-state index is 11.7. The fourth-order valence-electron chi connectivity index (χ4n) is 2.73. The first-order valence-corrected chi connectivity index (χ1v) is 7.22. The number of rotatable bonds is 4. The first kappa shape index (κ1) is 14.7. The number of anilines is 1. The van der Waals surface area contributed by atoms with Crippen LogP contribution in [0.1, 0.15) is 25.3 Å². The Balaban J connectivity index is 1.98. The van der Waals surface area contributed by atoms with Crippen LogP contribution >= 0.6 is 0 Å². The van der Waals surface area contributed by atoms with Crippen LogP contribution in [-0.2, 0) is 9.53 Å². The van der Waals surface area contributed by atoms with E-state index in [1.54, 1.807) is 7.11 Å². The van der Waals surface area contributed by atoms with Crippen LogP contribution in [-0.4, -0.2) is 32.8 Å². The van der Waals surface area contributed by atoms with Crippen molar-refractivity contribution in [3.8, 4) is 5.75 Å². The molecule has 1 aliphatic heterocycles. The van der Waals surface area contributed by atoms with E-state index in [-0.39, 0.29) is 11.9 Å². The second kappa shape index (κ2) is 6.64. The van der Waals surface area contributed by atoms with E-state index in [4.69, 9.17) is 9.47 Å². The van der Waals surface area contributed by atoms with Gasteiger partial charge in [-0.3, -0.25) is 4.79 Å². The molecule has 20 heavy (non-hydrogen) atoms. The van der Waals surface area contributed by atoms with E-state index in [0.29, 0.717) is 6.61 Å². The molecule has 1 heterocycles. The molecule has 4 nitrogen and oxygen atoms in total. The normalized spacial score (nSPS) is 16.1. The van der Waals surface area contributed by atoms with Crippen molar-refractivity contribution in [3.05, 3.63) is 23.8 Å². The Morgan fingerprint density at radius 2 is 2.05 bits per heavy atom. The molecule has 0 atom stereocenters. The molecule has 1 aromatic carbocycles. The predicted octanol–water partition coefficient (Wildman–Crippen LogP) is 2.78. The van der Waals surface area contributed by atoms with Crippen molar-refractivity contribution in [2.75, 3.05) is 31.7 Å². The van der Waals surface area contributed by atoms with Gasteiger partial charge in [0.05, 0.1) is 19.6 Å². The Morgan fingerprint density at radius 3 is 2.60 bits per heavy atom. The van der Waals surface area contributed by atoms with Crippen LogP contribution in [0.25, 0.3) is 0 Å². The minimum atomic E-state index is -0.0430. The minimum absolute atomic E-state index is 0.0430. The highest BCUT2D eigenvalue weighted by atomic mass is 16.5. The zero-order valence-electron chi connectivity index (χ0n) is 12.5. The third kappa shape index (κ3) is 3.24. The molecule has 1 saturated heterocycles. The number of benzene rings is 1. The van der Waals surface area contributed by atoms with Gasteiger partial charge in [0.2, 0.25) is 0 Å². The molecule has 2 rings (SSSR count). The van der Waals surface area contributed by atoms with E-state index >= 15 is 0 Å². The van der Waals surface area contributed by atoms with E-state index < -0.39 is 0 Å². The number of ether oxygens (including phenoxy) is 2. The van der Waals surface area contributed by atoms with Gasteiger partial charge in [-0.1, -0.05) is 0 Å². The first-order valence-electron chi connectivity index (χ1n) is 7.22. The highest BCUT2D eigenvalue weighted by molar-refractivity contribution is 5.73. The Bertz CT molecular complexity index is 465. The van der Waals surface area contributed by atoms with E-state index in [0.717, 1.165) is 31.7 Å².